The number of nitrogens with one attached hydrogen (secondary N) is 1. The molecule has 0 atom stereocenters. The Hall–Kier alpha value is -1.43. The molecule has 1 fully saturated rings. The van der Waals surface area contributed by atoms with Crippen molar-refractivity contribution in [3.8, 4) is 0 Å². The Labute approximate surface area is 107 Å². The summed E-state index contributed by atoms with van der Waals surface area (Å²) in [5.41, 5.74) is 3.87. The number of hydrazine groups is 1. The van der Waals surface area contributed by atoms with Gasteiger partial charge in [0.2, 0.25) is 0 Å². The molecule has 1 aliphatic rings. The molecular weight excluding hydrogens is 230 g/mol. The van der Waals surface area contributed by atoms with Crippen LogP contribution in [0, 0.1) is 0 Å². The van der Waals surface area contributed by atoms with Crippen LogP contribution in [-0.4, -0.2) is 37.1 Å². The maximum absolute atomic E-state index is 11.4. The van der Waals surface area contributed by atoms with E-state index < -0.39 is 0 Å². The van der Waals surface area contributed by atoms with Crippen molar-refractivity contribution in [2.24, 2.45) is 5.84 Å². The van der Waals surface area contributed by atoms with Crippen LogP contribution in [0.2, 0.25) is 0 Å². The second kappa shape index (κ2) is 6.49. The number of nitrogens with zero attached hydrogens (tertiary/aromatic N) is 1. The van der Waals surface area contributed by atoms with Crippen molar-refractivity contribution in [3.63, 3.8) is 0 Å². The summed E-state index contributed by atoms with van der Waals surface area (Å²) in [5, 5.41) is 0. The van der Waals surface area contributed by atoms with Gasteiger partial charge < -0.3 is 4.74 Å². The van der Waals surface area contributed by atoms with Gasteiger partial charge in [0, 0.05) is 31.8 Å². The van der Waals surface area contributed by atoms with E-state index in [2.05, 4.69) is 10.3 Å². The fraction of sp³-hybridized carbons (Fsp3) is 0.462. The lowest BCUT2D eigenvalue weighted by Gasteiger charge is -2.19. The Morgan fingerprint density at radius 1 is 1.39 bits per heavy atom. The summed E-state index contributed by atoms with van der Waals surface area (Å²) in [6.45, 7) is 4.44. The first-order valence-corrected chi connectivity index (χ1v) is 6.19. The molecule has 0 bridgehead atoms. The van der Waals surface area contributed by atoms with Crippen molar-refractivity contribution in [1.29, 1.82) is 0 Å². The van der Waals surface area contributed by atoms with Gasteiger partial charge in [0.05, 0.1) is 6.61 Å². The van der Waals surface area contributed by atoms with E-state index in [1.807, 2.05) is 18.2 Å². The van der Waals surface area contributed by atoms with Gasteiger partial charge in [-0.2, -0.15) is 0 Å². The second-order valence-electron chi connectivity index (χ2n) is 4.42. The van der Waals surface area contributed by atoms with E-state index in [0.29, 0.717) is 5.56 Å². The summed E-state index contributed by atoms with van der Waals surface area (Å²) in [6.07, 6.45) is 1.06. The van der Waals surface area contributed by atoms with Gasteiger partial charge in [-0.25, -0.2) is 5.84 Å². The summed E-state index contributed by atoms with van der Waals surface area (Å²) < 4.78 is 5.42. The normalized spacial score (nSPS) is 17.2. The molecule has 0 aromatic heterocycles. The van der Waals surface area contributed by atoms with Gasteiger partial charge >= 0.3 is 0 Å². The van der Waals surface area contributed by atoms with E-state index in [-0.39, 0.29) is 5.91 Å². The molecule has 1 aliphatic heterocycles. The molecule has 1 aromatic carbocycles. The first-order valence-electron chi connectivity index (χ1n) is 6.19. The molecule has 0 saturated carbocycles. The van der Waals surface area contributed by atoms with Gasteiger partial charge in [-0.3, -0.25) is 15.1 Å². The van der Waals surface area contributed by atoms with Gasteiger partial charge in [0.1, 0.15) is 0 Å². The number of hydrogen-bond donors (Lipinski definition) is 2. The first-order chi connectivity index (χ1) is 8.79. The van der Waals surface area contributed by atoms with Crippen molar-refractivity contribution in [3.05, 3.63) is 35.4 Å². The smallest absolute Gasteiger partial charge is 0.265 e. The number of nitrogens with two attached hydrogens (primary N) is 1. The number of rotatable bonds is 3. The highest BCUT2D eigenvalue weighted by Gasteiger charge is 2.10. The van der Waals surface area contributed by atoms with Crippen LogP contribution in [0.3, 0.4) is 0 Å². The molecule has 0 radical (unpaired) electrons. The molecule has 5 heteroatoms. The van der Waals surface area contributed by atoms with E-state index in [0.717, 1.165) is 44.8 Å². The average Bonchev–Trinajstić information content (AvgIpc) is 2.67. The van der Waals surface area contributed by atoms with E-state index >= 15 is 0 Å². The second-order valence-corrected chi connectivity index (χ2v) is 4.42. The highest BCUT2D eigenvalue weighted by Crippen LogP contribution is 2.10. The average molecular weight is 249 g/mol. The predicted octanol–water partition coefficient (Wildman–Crippen LogP) is 0.512. The van der Waals surface area contributed by atoms with Gasteiger partial charge in [-0.15, -0.1) is 0 Å². The summed E-state index contributed by atoms with van der Waals surface area (Å²) >= 11 is 0. The fourth-order valence-electron chi connectivity index (χ4n) is 2.11. The standard InChI is InChI=1S/C13H19N3O2/c14-15-13(17)12-4-1-3-11(9-12)10-16-5-2-7-18-8-6-16/h1,3-4,9H,2,5-8,10,14H2,(H,15,17). The Kier molecular flexibility index (Phi) is 4.69. The Bertz CT molecular complexity index is 401. The Morgan fingerprint density at radius 2 is 2.28 bits per heavy atom. The highest BCUT2D eigenvalue weighted by atomic mass is 16.5. The largest absolute Gasteiger partial charge is 0.380 e. The zero-order chi connectivity index (χ0) is 12.8. The van der Waals surface area contributed by atoms with Crippen molar-refractivity contribution in [1.82, 2.24) is 10.3 Å². The maximum atomic E-state index is 11.4. The molecule has 1 aromatic rings. The lowest BCUT2D eigenvalue weighted by molar-refractivity contribution is 0.0953. The summed E-state index contributed by atoms with van der Waals surface area (Å²) in [7, 11) is 0. The van der Waals surface area contributed by atoms with E-state index in [1.165, 1.54) is 0 Å². The molecule has 1 amide bonds. The van der Waals surface area contributed by atoms with Crippen LogP contribution in [0.4, 0.5) is 0 Å². The van der Waals surface area contributed by atoms with Crippen LogP contribution >= 0.6 is 0 Å². The fourth-order valence-corrected chi connectivity index (χ4v) is 2.11. The van der Waals surface area contributed by atoms with Crippen molar-refractivity contribution >= 4 is 5.91 Å². The van der Waals surface area contributed by atoms with Crippen LogP contribution in [0.5, 0.6) is 0 Å². The van der Waals surface area contributed by atoms with Crippen LogP contribution < -0.4 is 11.3 Å². The lowest BCUT2D eigenvalue weighted by Crippen LogP contribution is -2.30. The molecule has 0 aliphatic carbocycles. The van der Waals surface area contributed by atoms with Crippen molar-refractivity contribution in [2.45, 2.75) is 13.0 Å². The molecule has 5 nitrogen and oxygen atoms in total. The molecule has 1 heterocycles. The van der Waals surface area contributed by atoms with Crippen LogP contribution in [-0.2, 0) is 11.3 Å². The molecule has 0 unspecified atom stereocenters. The van der Waals surface area contributed by atoms with Gasteiger partial charge in [0.15, 0.2) is 0 Å². The number of ether oxygens (including phenoxy) is 1. The van der Waals surface area contributed by atoms with Gasteiger partial charge in [0.25, 0.3) is 5.91 Å². The molecule has 1 saturated heterocycles. The number of benzene rings is 1. The third-order valence-corrected chi connectivity index (χ3v) is 3.04. The Morgan fingerprint density at radius 3 is 3.11 bits per heavy atom. The monoisotopic (exact) mass is 249 g/mol. The molecule has 98 valence electrons. The number of carbonyl (C=O) groups is 1. The molecular formula is C13H19N3O2. The van der Waals surface area contributed by atoms with Crippen molar-refractivity contribution < 1.29 is 9.53 Å². The number of nitrogen functional groups attached to an aromatic ring is 1. The van der Waals surface area contributed by atoms with Crippen LogP contribution in [0.15, 0.2) is 24.3 Å². The zero-order valence-electron chi connectivity index (χ0n) is 10.4. The quantitative estimate of drug-likeness (QED) is 0.465. The minimum absolute atomic E-state index is 0.254. The van der Waals surface area contributed by atoms with Gasteiger partial charge in [-0.1, -0.05) is 12.1 Å². The van der Waals surface area contributed by atoms with Gasteiger partial charge in [-0.05, 0) is 24.1 Å². The van der Waals surface area contributed by atoms with E-state index in [4.69, 9.17) is 10.6 Å². The molecule has 0 spiro atoms. The van der Waals surface area contributed by atoms with Crippen LogP contribution in [0.1, 0.15) is 22.3 Å². The third kappa shape index (κ3) is 3.53. The SMILES string of the molecule is NNC(=O)c1cccc(CN2CCCOCC2)c1. The summed E-state index contributed by atoms with van der Waals surface area (Å²) in [5.74, 6) is 4.88. The third-order valence-electron chi connectivity index (χ3n) is 3.04. The van der Waals surface area contributed by atoms with Crippen molar-refractivity contribution in [2.75, 3.05) is 26.3 Å². The molecule has 3 N–H and O–H groups in total. The van der Waals surface area contributed by atoms with Crippen LogP contribution in [0.25, 0.3) is 0 Å². The Balaban J connectivity index is 2.01. The summed E-state index contributed by atoms with van der Waals surface area (Å²) in [6, 6.07) is 7.55. The maximum Gasteiger partial charge on any atom is 0.265 e. The highest BCUT2D eigenvalue weighted by molar-refractivity contribution is 5.93. The zero-order valence-corrected chi connectivity index (χ0v) is 10.4. The molecule has 18 heavy (non-hydrogen) atoms. The van der Waals surface area contributed by atoms with E-state index in [9.17, 15) is 4.79 Å². The predicted molar refractivity (Wildman–Crippen MR) is 68.8 cm³/mol. The van der Waals surface area contributed by atoms with E-state index in [1.54, 1.807) is 6.07 Å². The number of hydrogen-bond acceptors (Lipinski definition) is 4. The first kappa shape index (κ1) is 13.0. The number of carbonyl (C=O) groups excluding carboxylic acids is 1. The summed E-state index contributed by atoms with van der Waals surface area (Å²) in [4.78, 5) is 13.8. The topological polar surface area (TPSA) is 67.6 Å². The lowest BCUT2D eigenvalue weighted by atomic mass is 10.1. The number of amides is 1. The molecule has 2 rings (SSSR count). The minimum atomic E-state index is -0.254. The minimum Gasteiger partial charge on any atom is -0.380 e.